The summed E-state index contributed by atoms with van der Waals surface area (Å²) in [7, 11) is 0. The minimum absolute atomic E-state index is 0. The summed E-state index contributed by atoms with van der Waals surface area (Å²) >= 11 is 0. The summed E-state index contributed by atoms with van der Waals surface area (Å²) in [4.78, 5) is 15.6. The van der Waals surface area contributed by atoms with Crippen LogP contribution in [0.2, 0.25) is 0 Å². The maximum atomic E-state index is 10.6. The Bertz CT molecular complexity index is 1210. The molecule has 4 rings (SSSR count). The van der Waals surface area contributed by atoms with Crippen LogP contribution in [-0.4, -0.2) is 56.8 Å². The average Bonchev–Trinajstić information content (AvgIpc) is 3.30. The van der Waals surface area contributed by atoms with Gasteiger partial charge in [-0.3, -0.25) is 9.36 Å². The molecule has 0 saturated carbocycles. The van der Waals surface area contributed by atoms with Crippen molar-refractivity contribution in [3.05, 3.63) is 91.0 Å². The normalized spacial score (nSPS) is 10.6. The molecule has 0 aliphatic carbocycles. The van der Waals surface area contributed by atoms with Crippen LogP contribution >= 0.6 is 0 Å². The van der Waals surface area contributed by atoms with E-state index in [0.717, 1.165) is 73.1 Å². The first-order valence-electron chi connectivity index (χ1n) is 12.9. The summed E-state index contributed by atoms with van der Waals surface area (Å²) < 4.78 is 8.44. The Kier molecular flexibility index (Phi) is 12.0. The van der Waals surface area contributed by atoms with Crippen molar-refractivity contribution in [3.63, 3.8) is 0 Å². The molecule has 0 aliphatic heterocycles. The van der Waals surface area contributed by atoms with E-state index >= 15 is 0 Å². The molecule has 0 radical (unpaired) electrons. The summed E-state index contributed by atoms with van der Waals surface area (Å²) in [5.74, 6) is -0.702. The number of imidazole rings is 1. The van der Waals surface area contributed by atoms with Crippen LogP contribution in [0.25, 0.3) is 28.2 Å². The van der Waals surface area contributed by atoms with Gasteiger partial charge in [-0.25, -0.2) is 0 Å². The third kappa shape index (κ3) is 8.32. The fourth-order valence-electron chi connectivity index (χ4n) is 4.40. The molecule has 1 heterocycles. The number of unbranched alkanes of at least 4 members (excludes halogenated alkanes) is 6. The Balaban J connectivity index is 0.00000380. The predicted octanol–water partition coefficient (Wildman–Crippen LogP) is 7.14. The van der Waals surface area contributed by atoms with Crippen molar-refractivity contribution >= 4 is 35.5 Å². The fourth-order valence-corrected chi connectivity index (χ4v) is 4.40. The van der Waals surface area contributed by atoms with Gasteiger partial charge in [0, 0.05) is 17.5 Å². The minimum atomic E-state index is -0.702. The van der Waals surface area contributed by atoms with Gasteiger partial charge in [-0.05, 0) is 25.0 Å². The topological polar surface area (TPSA) is 64.3 Å². The van der Waals surface area contributed by atoms with E-state index < -0.39 is 5.97 Å². The summed E-state index contributed by atoms with van der Waals surface area (Å²) in [6.45, 7) is 0.603. The first-order valence-corrected chi connectivity index (χ1v) is 12.9. The number of nitrogens with zero attached hydrogens (tertiary/aromatic N) is 2. The first-order chi connectivity index (χ1) is 17.7. The van der Waals surface area contributed by atoms with Crippen molar-refractivity contribution in [2.45, 2.75) is 51.4 Å². The van der Waals surface area contributed by atoms with Crippen LogP contribution in [0, 0.1) is 0 Å². The van der Waals surface area contributed by atoms with Gasteiger partial charge in [-0.2, -0.15) is 4.98 Å². The van der Waals surface area contributed by atoms with Gasteiger partial charge in [0.25, 0.3) is 0 Å². The molecule has 0 unspecified atom stereocenters. The molecule has 5 nitrogen and oxygen atoms in total. The monoisotopic (exact) mass is 506 g/mol. The quantitative estimate of drug-likeness (QED) is 0.146. The van der Waals surface area contributed by atoms with Gasteiger partial charge >= 0.3 is 41.5 Å². The van der Waals surface area contributed by atoms with Crippen LogP contribution in [0.1, 0.15) is 51.4 Å². The van der Waals surface area contributed by atoms with Gasteiger partial charge in [-0.1, -0.05) is 111 Å². The van der Waals surface area contributed by atoms with Crippen molar-refractivity contribution in [1.29, 1.82) is 0 Å². The molecule has 0 saturated heterocycles. The molecule has 0 aliphatic rings. The van der Waals surface area contributed by atoms with Crippen LogP contribution in [0.15, 0.2) is 91.0 Å². The standard InChI is InChI=1S/C31H34N2O3.Na.H/c34-28(35)23-15-4-2-1-3-5-16-24-36-31-32-29(25-17-9-6-10-18-25)30(26-19-11-7-12-20-26)33(31)27-21-13-8-14-22-27;;/h6-14,17-22H,1-5,15-16,23-24H2,(H,34,35);;. The zero-order chi connectivity index (χ0) is 25.0. The number of benzene rings is 3. The number of aromatic nitrogens is 2. The number of carbonyl (C=O) groups is 1. The van der Waals surface area contributed by atoms with Gasteiger partial charge in [0.2, 0.25) is 0 Å². The Labute approximate surface area is 241 Å². The zero-order valence-electron chi connectivity index (χ0n) is 20.7. The number of carboxylic acid groups (broad SMARTS) is 1. The Morgan fingerprint density at radius 3 is 1.81 bits per heavy atom. The third-order valence-corrected chi connectivity index (χ3v) is 6.22. The molecule has 0 amide bonds. The molecule has 188 valence electrons. The molecule has 3 aromatic carbocycles. The van der Waals surface area contributed by atoms with Crippen LogP contribution in [0.5, 0.6) is 6.01 Å². The second kappa shape index (κ2) is 15.4. The van der Waals surface area contributed by atoms with Crippen molar-refractivity contribution in [2.24, 2.45) is 0 Å². The van der Waals surface area contributed by atoms with Crippen LogP contribution in [0.4, 0.5) is 0 Å². The number of hydrogen-bond donors (Lipinski definition) is 1. The molecular weight excluding hydrogens is 471 g/mol. The number of aliphatic carboxylic acids is 1. The SMILES string of the molecule is O=C(O)CCCCCCCCCOc1nc(-c2ccccc2)c(-c2ccccc2)n1-c1ccccc1.[NaH]. The molecule has 6 heteroatoms. The molecule has 1 aromatic heterocycles. The molecule has 4 aromatic rings. The number of carboxylic acids is 1. The van der Waals surface area contributed by atoms with E-state index in [9.17, 15) is 4.79 Å². The fraction of sp³-hybridized carbons (Fsp3) is 0.290. The van der Waals surface area contributed by atoms with Crippen molar-refractivity contribution in [3.8, 4) is 34.2 Å². The van der Waals surface area contributed by atoms with E-state index in [0.29, 0.717) is 12.6 Å². The summed E-state index contributed by atoms with van der Waals surface area (Å²) in [6.07, 6.45) is 7.43. The molecule has 0 atom stereocenters. The summed E-state index contributed by atoms with van der Waals surface area (Å²) in [5.41, 5.74) is 5.08. The second-order valence-electron chi connectivity index (χ2n) is 8.96. The molecule has 37 heavy (non-hydrogen) atoms. The van der Waals surface area contributed by atoms with E-state index in [4.69, 9.17) is 14.8 Å². The van der Waals surface area contributed by atoms with Crippen molar-refractivity contribution in [2.75, 3.05) is 6.61 Å². The van der Waals surface area contributed by atoms with Crippen LogP contribution in [-0.2, 0) is 4.79 Å². The Morgan fingerprint density at radius 2 is 1.22 bits per heavy atom. The number of para-hydroxylation sites is 1. The van der Waals surface area contributed by atoms with Crippen molar-refractivity contribution in [1.82, 2.24) is 9.55 Å². The zero-order valence-corrected chi connectivity index (χ0v) is 20.7. The first kappa shape index (κ1) is 28.7. The van der Waals surface area contributed by atoms with E-state index in [2.05, 4.69) is 53.1 Å². The van der Waals surface area contributed by atoms with Crippen LogP contribution < -0.4 is 4.74 Å². The van der Waals surface area contributed by atoms with E-state index in [1.54, 1.807) is 0 Å². The van der Waals surface area contributed by atoms with E-state index in [1.165, 1.54) is 0 Å². The molecule has 0 spiro atoms. The number of ether oxygens (including phenoxy) is 1. The number of rotatable bonds is 14. The molecule has 0 bridgehead atoms. The maximum absolute atomic E-state index is 10.6. The van der Waals surface area contributed by atoms with Gasteiger partial charge in [0.05, 0.1) is 18.0 Å². The van der Waals surface area contributed by atoms with E-state index in [1.807, 2.05) is 42.5 Å². The van der Waals surface area contributed by atoms with Crippen molar-refractivity contribution < 1.29 is 14.6 Å². The second-order valence-corrected chi connectivity index (χ2v) is 8.96. The van der Waals surface area contributed by atoms with Crippen LogP contribution in [0.3, 0.4) is 0 Å². The Hall–Kier alpha value is -2.86. The van der Waals surface area contributed by atoms with Gasteiger partial charge < -0.3 is 9.84 Å². The Morgan fingerprint density at radius 1 is 0.703 bits per heavy atom. The molecule has 0 fully saturated rings. The molecule has 1 N–H and O–H groups in total. The predicted molar refractivity (Wildman–Crippen MR) is 152 cm³/mol. The van der Waals surface area contributed by atoms with E-state index in [-0.39, 0.29) is 36.0 Å². The third-order valence-electron chi connectivity index (χ3n) is 6.22. The van der Waals surface area contributed by atoms with Gasteiger partial charge in [-0.15, -0.1) is 0 Å². The van der Waals surface area contributed by atoms with Gasteiger partial charge in [0.1, 0.15) is 5.69 Å². The average molecular weight is 507 g/mol. The summed E-state index contributed by atoms with van der Waals surface area (Å²) in [5, 5.41) is 8.73. The molecular formula is C31H35N2NaO3. The van der Waals surface area contributed by atoms with Gasteiger partial charge in [0.15, 0.2) is 0 Å². The number of hydrogen-bond acceptors (Lipinski definition) is 3. The summed E-state index contributed by atoms with van der Waals surface area (Å²) in [6, 6.07) is 31.5.